The lowest BCUT2D eigenvalue weighted by molar-refractivity contribution is 0.108. The second-order valence-corrected chi connectivity index (χ2v) is 5.69. The third-order valence-corrected chi connectivity index (χ3v) is 4.18. The van der Waals surface area contributed by atoms with Crippen molar-refractivity contribution in [3.63, 3.8) is 0 Å². The molecule has 1 atom stereocenters. The molecule has 5 heteroatoms. The summed E-state index contributed by atoms with van der Waals surface area (Å²) in [5, 5.41) is 1.34. The van der Waals surface area contributed by atoms with Gasteiger partial charge in [-0.25, -0.2) is 0 Å². The molecule has 2 aromatic carbocycles. The Balaban J connectivity index is 2.23. The van der Waals surface area contributed by atoms with Crippen molar-refractivity contribution in [2.45, 2.75) is 0 Å². The van der Waals surface area contributed by atoms with Crippen molar-refractivity contribution in [3.8, 4) is 11.5 Å². The van der Waals surface area contributed by atoms with E-state index < -0.39 is 0 Å². The van der Waals surface area contributed by atoms with Crippen LogP contribution in [0.25, 0.3) is 0 Å². The van der Waals surface area contributed by atoms with Crippen LogP contribution in [0.2, 0.25) is 5.02 Å². The van der Waals surface area contributed by atoms with Crippen LogP contribution in [0, 0.1) is 0 Å². The van der Waals surface area contributed by atoms with Gasteiger partial charge in [0.15, 0.2) is 5.52 Å². The van der Waals surface area contributed by atoms with Gasteiger partial charge in [-0.3, -0.25) is 4.79 Å². The predicted molar refractivity (Wildman–Crippen MR) is 83.3 cm³/mol. The Hall–Kier alpha value is -1.57. The minimum atomic E-state index is -0.0439. The molecule has 0 aliphatic rings. The fourth-order valence-electron chi connectivity index (χ4n) is 1.76. The molecule has 3 nitrogen and oxygen atoms in total. The molecule has 0 aromatic heterocycles. The molecule has 0 heterocycles. The van der Waals surface area contributed by atoms with Crippen molar-refractivity contribution in [1.29, 1.82) is 0 Å². The van der Waals surface area contributed by atoms with Gasteiger partial charge < -0.3 is 9.47 Å². The van der Waals surface area contributed by atoms with Crippen molar-refractivity contribution in [2.75, 3.05) is 14.2 Å². The zero-order chi connectivity index (χ0) is 14.5. The van der Waals surface area contributed by atoms with Crippen LogP contribution in [0.4, 0.5) is 0 Å². The minimum absolute atomic E-state index is 0.00963. The van der Waals surface area contributed by atoms with Gasteiger partial charge in [-0.05, 0) is 38.2 Å². The molecule has 2 aromatic rings. The molecule has 0 bridgehead atoms. The maximum absolute atomic E-state index is 12.4. The number of hydrogen-bond donors (Lipinski definition) is 0. The summed E-state index contributed by atoms with van der Waals surface area (Å²) in [7, 11) is 3.13. The Morgan fingerprint density at radius 3 is 2.35 bits per heavy atom. The molecule has 0 amide bonds. The van der Waals surface area contributed by atoms with Gasteiger partial charge in [-0.15, -0.1) is 0 Å². The zero-order valence-corrected chi connectivity index (χ0v) is 12.9. The average molecular weight is 309 g/mol. The number of ether oxygens (including phenoxy) is 2. The molecular formula is C15H14ClO3P. The lowest BCUT2D eigenvalue weighted by Gasteiger charge is -2.09. The van der Waals surface area contributed by atoms with E-state index in [9.17, 15) is 4.79 Å². The number of methoxy groups -OCH3 is 2. The lowest BCUT2D eigenvalue weighted by atomic mass is 10.2. The summed E-state index contributed by atoms with van der Waals surface area (Å²) in [5.74, 6) is 1.27. The van der Waals surface area contributed by atoms with E-state index in [0.29, 0.717) is 16.3 Å². The average Bonchev–Trinajstić information content (AvgIpc) is 2.47. The van der Waals surface area contributed by atoms with Crippen LogP contribution in [-0.4, -0.2) is 19.7 Å². The molecule has 0 aliphatic carbocycles. The van der Waals surface area contributed by atoms with Crippen molar-refractivity contribution in [2.24, 2.45) is 0 Å². The van der Waals surface area contributed by atoms with Crippen LogP contribution in [-0.2, 0) is 0 Å². The van der Waals surface area contributed by atoms with E-state index in [4.69, 9.17) is 21.1 Å². The molecule has 104 valence electrons. The highest BCUT2D eigenvalue weighted by atomic mass is 35.5. The van der Waals surface area contributed by atoms with Crippen molar-refractivity contribution in [3.05, 3.63) is 53.1 Å². The Kier molecular flexibility index (Phi) is 4.99. The highest BCUT2D eigenvalue weighted by Crippen LogP contribution is 2.32. The number of benzene rings is 2. The van der Waals surface area contributed by atoms with Crippen LogP contribution in [0.1, 0.15) is 10.4 Å². The smallest absolute Gasteiger partial charge is 0.190 e. The SMILES string of the molecule is COc1ccc(PC(=O)c2c(Cl)cccc2OC)cc1. The number of carbonyl (C=O) groups is 1. The molecule has 0 radical (unpaired) electrons. The Bertz CT molecular complexity index is 611. The molecule has 0 N–H and O–H groups in total. The van der Waals surface area contributed by atoms with Crippen LogP contribution in [0.15, 0.2) is 42.5 Å². The van der Waals surface area contributed by atoms with Crippen molar-refractivity contribution < 1.29 is 14.3 Å². The van der Waals surface area contributed by atoms with E-state index in [0.717, 1.165) is 11.1 Å². The third kappa shape index (κ3) is 3.30. The van der Waals surface area contributed by atoms with E-state index in [-0.39, 0.29) is 14.1 Å². The van der Waals surface area contributed by atoms with Gasteiger partial charge in [0.05, 0.1) is 24.8 Å². The van der Waals surface area contributed by atoms with Crippen molar-refractivity contribution in [1.82, 2.24) is 0 Å². The van der Waals surface area contributed by atoms with Crippen LogP contribution >= 0.6 is 20.2 Å². The Labute approximate surface area is 124 Å². The molecular weight excluding hydrogens is 295 g/mol. The fraction of sp³-hybridized carbons (Fsp3) is 0.133. The molecule has 0 fully saturated rings. The lowest BCUT2D eigenvalue weighted by Crippen LogP contribution is -2.03. The quantitative estimate of drug-likeness (QED) is 0.793. The van der Waals surface area contributed by atoms with Gasteiger partial charge in [0.25, 0.3) is 0 Å². The van der Waals surface area contributed by atoms with Crippen LogP contribution < -0.4 is 14.8 Å². The van der Waals surface area contributed by atoms with E-state index in [2.05, 4.69) is 0 Å². The molecule has 0 saturated carbocycles. The summed E-state index contributed by atoms with van der Waals surface area (Å²) in [6.45, 7) is 0. The van der Waals surface area contributed by atoms with E-state index in [1.807, 2.05) is 24.3 Å². The summed E-state index contributed by atoms with van der Waals surface area (Å²) in [6.07, 6.45) is 0. The first-order valence-electron chi connectivity index (χ1n) is 5.93. The van der Waals surface area contributed by atoms with E-state index in [1.54, 1.807) is 25.3 Å². The topological polar surface area (TPSA) is 35.5 Å². The zero-order valence-electron chi connectivity index (χ0n) is 11.1. The highest BCUT2D eigenvalue weighted by Gasteiger charge is 2.16. The number of carbonyl (C=O) groups excluding carboxylic acids is 1. The maximum Gasteiger partial charge on any atom is 0.190 e. The molecule has 2 rings (SSSR count). The van der Waals surface area contributed by atoms with Crippen molar-refractivity contribution >= 4 is 31.0 Å². The summed E-state index contributed by atoms with van der Waals surface area (Å²) in [6, 6.07) is 12.6. The first kappa shape index (κ1) is 14.8. The normalized spacial score (nSPS) is 10.8. The van der Waals surface area contributed by atoms with Gasteiger partial charge >= 0.3 is 0 Å². The molecule has 0 spiro atoms. The highest BCUT2D eigenvalue weighted by molar-refractivity contribution is 7.66. The number of hydrogen-bond acceptors (Lipinski definition) is 3. The third-order valence-electron chi connectivity index (χ3n) is 2.77. The van der Waals surface area contributed by atoms with Gasteiger partial charge in [-0.1, -0.05) is 29.8 Å². The van der Waals surface area contributed by atoms with Crippen LogP contribution in [0.3, 0.4) is 0 Å². The largest absolute Gasteiger partial charge is 0.497 e. The van der Waals surface area contributed by atoms with E-state index in [1.165, 1.54) is 7.11 Å². The number of halogens is 1. The predicted octanol–water partition coefficient (Wildman–Crippen LogP) is 3.50. The van der Waals surface area contributed by atoms with Gasteiger partial charge in [0, 0.05) is 0 Å². The minimum Gasteiger partial charge on any atom is -0.497 e. The van der Waals surface area contributed by atoms with Gasteiger partial charge in [0.2, 0.25) is 0 Å². The standard InChI is InChI=1S/C15H14ClO3P/c1-18-10-6-8-11(9-7-10)20-15(17)14-12(16)4-3-5-13(14)19-2/h3-9,20H,1-2H3. The molecule has 1 unspecified atom stereocenters. The fourth-order valence-corrected chi connectivity index (χ4v) is 3.07. The van der Waals surface area contributed by atoms with Crippen LogP contribution in [0.5, 0.6) is 11.5 Å². The summed E-state index contributed by atoms with van der Waals surface area (Å²) in [4.78, 5) is 12.4. The first-order chi connectivity index (χ1) is 9.65. The second kappa shape index (κ2) is 6.74. The molecule has 20 heavy (non-hydrogen) atoms. The first-order valence-corrected chi connectivity index (χ1v) is 7.31. The number of rotatable bonds is 5. The van der Waals surface area contributed by atoms with Gasteiger partial charge in [0.1, 0.15) is 11.5 Å². The molecule has 0 saturated heterocycles. The summed E-state index contributed by atoms with van der Waals surface area (Å²) < 4.78 is 10.3. The summed E-state index contributed by atoms with van der Waals surface area (Å²) >= 11 is 6.10. The maximum atomic E-state index is 12.4. The van der Waals surface area contributed by atoms with Gasteiger partial charge in [-0.2, -0.15) is 0 Å². The van der Waals surface area contributed by atoms with E-state index >= 15 is 0 Å². The second-order valence-electron chi connectivity index (χ2n) is 4.00. The monoisotopic (exact) mass is 308 g/mol. The molecule has 0 aliphatic heterocycles. The summed E-state index contributed by atoms with van der Waals surface area (Å²) in [5.41, 5.74) is 0.392. The Morgan fingerprint density at radius 2 is 1.75 bits per heavy atom. The Morgan fingerprint density at radius 1 is 1.05 bits per heavy atom.